The molecule has 24 heavy (non-hydrogen) atoms. The first kappa shape index (κ1) is 16.1. The molecule has 0 atom stereocenters. The van der Waals surface area contributed by atoms with Crippen LogP contribution in [0.3, 0.4) is 0 Å². The van der Waals surface area contributed by atoms with Crippen LogP contribution in [0.15, 0.2) is 58.3 Å². The first-order valence-corrected chi connectivity index (χ1v) is 9.24. The van der Waals surface area contributed by atoms with E-state index < -0.39 is 46.4 Å². The molecule has 1 aliphatic rings. The minimum absolute atomic E-state index is 0.299. The van der Waals surface area contributed by atoms with Gasteiger partial charge in [0, 0.05) is 6.07 Å². The van der Waals surface area contributed by atoms with Crippen molar-refractivity contribution in [2.24, 2.45) is 0 Å². The molecule has 1 heterocycles. The number of sulfonamides is 2. The van der Waals surface area contributed by atoms with Gasteiger partial charge in [-0.3, -0.25) is 14.9 Å². The lowest BCUT2D eigenvalue weighted by molar-refractivity contribution is -0.387. The van der Waals surface area contributed by atoms with Crippen molar-refractivity contribution in [3.63, 3.8) is 0 Å². The van der Waals surface area contributed by atoms with E-state index in [1.54, 1.807) is 0 Å². The van der Waals surface area contributed by atoms with E-state index in [0.29, 0.717) is 0 Å². The summed E-state index contributed by atoms with van der Waals surface area (Å²) in [6, 6.07) is 9.19. The van der Waals surface area contributed by atoms with Gasteiger partial charge in [-0.05, 0) is 18.2 Å². The molecule has 0 fully saturated rings. The maximum atomic E-state index is 12.7. The zero-order valence-electron chi connectivity index (χ0n) is 11.7. The van der Waals surface area contributed by atoms with Gasteiger partial charge in [-0.2, -0.15) is 16.8 Å². The van der Waals surface area contributed by atoms with E-state index in [1.807, 2.05) is 0 Å². The van der Waals surface area contributed by atoms with E-state index in [-0.39, 0.29) is 9.27 Å². The van der Waals surface area contributed by atoms with E-state index in [9.17, 15) is 31.7 Å². The Hall–Kier alpha value is -2.79. The summed E-state index contributed by atoms with van der Waals surface area (Å²) < 4.78 is 50.0. The van der Waals surface area contributed by atoms with Gasteiger partial charge in [-0.1, -0.05) is 24.3 Å². The summed E-state index contributed by atoms with van der Waals surface area (Å²) in [7, 11) is -9.66. The SMILES string of the molecule is O=C1c2ccccc2S(=O)(=O)N1S(=O)(=O)c1ccccc1[N+](=O)[O-]. The summed E-state index contributed by atoms with van der Waals surface area (Å²) in [5, 5.41) is 11.0. The molecule has 0 bridgehead atoms. The van der Waals surface area contributed by atoms with Crippen LogP contribution in [0.5, 0.6) is 0 Å². The molecule has 0 spiro atoms. The normalized spacial score (nSPS) is 16.0. The molecule has 0 aromatic heterocycles. The number of carbonyl (C=O) groups excluding carboxylic acids is 1. The number of nitrogens with zero attached hydrogens (tertiary/aromatic N) is 2. The molecule has 0 unspecified atom stereocenters. The third-order valence-electron chi connectivity index (χ3n) is 3.34. The highest BCUT2D eigenvalue weighted by Gasteiger charge is 2.50. The van der Waals surface area contributed by atoms with Gasteiger partial charge in [0.1, 0.15) is 4.90 Å². The average molecular weight is 368 g/mol. The van der Waals surface area contributed by atoms with Crippen LogP contribution < -0.4 is 0 Å². The molecule has 11 heteroatoms. The standard InChI is InChI=1S/C13H8N2O7S2/c16-13-9-5-1-3-7-11(9)23(19,20)15(13)24(21,22)12-8-4-2-6-10(12)14(17)18/h1-8H. The van der Waals surface area contributed by atoms with Gasteiger partial charge >= 0.3 is 0 Å². The maximum Gasteiger partial charge on any atom is 0.289 e. The number of rotatable bonds is 3. The predicted octanol–water partition coefficient (Wildman–Crippen LogP) is 1.13. The Kier molecular flexibility index (Phi) is 3.42. The van der Waals surface area contributed by atoms with E-state index in [0.717, 1.165) is 18.2 Å². The van der Waals surface area contributed by atoms with Crippen molar-refractivity contribution < 1.29 is 26.6 Å². The molecule has 0 saturated carbocycles. The number of carbonyl (C=O) groups is 1. The highest BCUT2D eigenvalue weighted by Crippen LogP contribution is 2.36. The Bertz CT molecular complexity index is 1090. The number of nitro groups is 1. The Morgan fingerprint density at radius 2 is 1.58 bits per heavy atom. The van der Waals surface area contributed by atoms with Crippen LogP contribution in [0, 0.1) is 10.1 Å². The Balaban J connectivity index is 2.28. The van der Waals surface area contributed by atoms with Gasteiger partial charge in [0.25, 0.3) is 31.6 Å². The second-order valence-corrected chi connectivity index (χ2v) is 8.47. The van der Waals surface area contributed by atoms with E-state index >= 15 is 0 Å². The van der Waals surface area contributed by atoms with Gasteiger partial charge in [0.05, 0.1) is 10.5 Å². The molecule has 9 nitrogen and oxygen atoms in total. The summed E-state index contributed by atoms with van der Waals surface area (Å²) in [6.45, 7) is 0. The van der Waals surface area contributed by atoms with Gasteiger partial charge in [0.15, 0.2) is 4.90 Å². The molecule has 0 N–H and O–H groups in total. The summed E-state index contributed by atoms with van der Waals surface area (Å²) in [5.41, 5.74) is -1.13. The van der Waals surface area contributed by atoms with Crippen LogP contribution in [0.2, 0.25) is 0 Å². The minimum Gasteiger partial charge on any atom is -0.267 e. The van der Waals surface area contributed by atoms with Crippen LogP contribution >= 0.6 is 0 Å². The maximum absolute atomic E-state index is 12.7. The zero-order valence-corrected chi connectivity index (χ0v) is 13.3. The van der Waals surface area contributed by atoms with Gasteiger partial charge in [-0.15, -0.1) is 3.71 Å². The number of benzene rings is 2. The number of para-hydroxylation sites is 1. The monoisotopic (exact) mass is 368 g/mol. The molecule has 0 aliphatic carbocycles. The first-order valence-electron chi connectivity index (χ1n) is 6.36. The Morgan fingerprint density at radius 1 is 1.00 bits per heavy atom. The smallest absolute Gasteiger partial charge is 0.267 e. The van der Waals surface area contributed by atoms with E-state index in [4.69, 9.17) is 0 Å². The number of hydrogen-bond acceptors (Lipinski definition) is 7. The molecule has 3 rings (SSSR count). The molecule has 2 aromatic rings. The third kappa shape index (κ3) is 2.09. The molecule has 0 saturated heterocycles. The molecule has 0 radical (unpaired) electrons. The lowest BCUT2D eigenvalue weighted by atomic mass is 10.2. The molecule has 1 aliphatic heterocycles. The van der Waals surface area contributed by atoms with Crippen LogP contribution in [0.4, 0.5) is 5.69 Å². The van der Waals surface area contributed by atoms with Crippen LogP contribution in [-0.4, -0.2) is 31.4 Å². The Morgan fingerprint density at radius 3 is 2.21 bits per heavy atom. The van der Waals surface area contributed by atoms with Crippen molar-refractivity contribution in [3.8, 4) is 0 Å². The van der Waals surface area contributed by atoms with Crippen molar-refractivity contribution in [1.29, 1.82) is 0 Å². The van der Waals surface area contributed by atoms with Crippen molar-refractivity contribution in [3.05, 3.63) is 64.2 Å². The van der Waals surface area contributed by atoms with Gasteiger partial charge < -0.3 is 0 Å². The fraction of sp³-hybridized carbons (Fsp3) is 0. The zero-order chi connectivity index (χ0) is 17.7. The van der Waals surface area contributed by atoms with E-state index in [2.05, 4.69) is 0 Å². The van der Waals surface area contributed by atoms with Crippen molar-refractivity contribution in [2.75, 3.05) is 0 Å². The van der Waals surface area contributed by atoms with Crippen LogP contribution in [0.25, 0.3) is 0 Å². The highest BCUT2D eigenvalue weighted by atomic mass is 32.3. The topological polar surface area (TPSA) is 132 Å². The predicted molar refractivity (Wildman–Crippen MR) is 80.1 cm³/mol. The number of amides is 1. The summed E-state index contributed by atoms with van der Waals surface area (Å²) in [5.74, 6) is -1.27. The van der Waals surface area contributed by atoms with Crippen molar-refractivity contribution >= 4 is 31.6 Å². The average Bonchev–Trinajstić information content (AvgIpc) is 2.75. The van der Waals surface area contributed by atoms with Gasteiger partial charge in [-0.25, -0.2) is 0 Å². The van der Waals surface area contributed by atoms with E-state index in [1.165, 1.54) is 30.3 Å². The second-order valence-electron chi connectivity index (χ2n) is 4.73. The van der Waals surface area contributed by atoms with Crippen molar-refractivity contribution in [1.82, 2.24) is 3.71 Å². The summed E-state index contributed by atoms with van der Waals surface area (Å²) >= 11 is 0. The fourth-order valence-corrected chi connectivity index (χ4v) is 6.17. The first-order chi connectivity index (χ1) is 11.2. The lowest BCUT2D eigenvalue weighted by Crippen LogP contribution is -2.36. The van der Waals surface area contributed by atoms with Crippen LogP contribution in [0.1, 0.15) is 10.4 Å². The molecular formula is C13H8N2O7S2. The van der Waals surface area contributed by atoms with Crippen molar-refractivity contribution in [2.45, 2.75) is 9.79 Å². The quantitative estimate of drug-likeness (QED) is 0.586. The third-order valence-corrected chi connectivity index (χ3v) is 7.53. The van der Waals surface area contributed by atoms with Gasteiger partial charge in [0.2, 0.25) is 0 Å². The number of fused-ring (bicyclic) bond motifs is 1. The summed E-state index contributed by atoms with van der Waals surface area (Å²) in [4.78, 5) is 21.0. The molecular weight excluding hydrogens is 360 g/mol. The minimum atomic E-state index is -4.98. The summed E-state index contributed by atoms with van der Waals surface area (Å²) in [6.07, 6.45) is 0. The molecule has 1 amide bonds. The van der Waals surface area contributed by atoms with Crippen LogP contribution in [-0.2, 0) is 20.0 Å². The number of hydrogen-bond donors (Lipinski definition) is 0. The molecule has 2 aromatic carbocycles. The fourth-order valence-electron chi connectivity index (χ4n) is 2.32. The number of nitro benzene ring substituents is 1. The molecule has 124 valence electrons. The second kappa shape index (κ2) is 5.11. The largest absolute Gasteiger partial charge is 0.289 e. The lowest BCUT2D eigenvalue weighted by Gasteiger charge is -2.15. The highest BCUT2D eigenvalue weighted by molar-refractivity contribution is 8.05. The Labute approximate surface area is 136 Å².